The SMILES string of the molecule is Cl.Cn1nc(C2CCNCC2)nc1NC(=O)c1cccc2cc[nH]c12. The maximum Gasteiger partial charge on any atom is 0.260 e. The van der Waals surface area contributed by atoms with Crippen molar-refractivity contribution in [3.05, 3.63) is 41.9 Å². The van der Waals surface area contributed by atoms with Crippen LogP contribution in [0.25, 0.3) is 10.9 Å². The van der Waals surface area contributed by atoms with Crippen LogP contribution in [0.4, 0.5) is 5.95 Å². The van der Waals surface area contributed by atoms with Crippen LogP contribution in [0.2, 0.25) is 0 Å². The van der Waals surface area contributed by atoms with E-state index in [0.29, 0.717) is 17.4 Å². The summed E-state index contributed by atoms with van der Waals surface area (Å²) in [6, 6.07) is 7.60. The summed E-state index contributed by atoms with van der Waals surface area (Å²) in [5, 5.41) is 11.7. The van der Waals surface area contributed by atoms with Crippen molar-refractivity contribution in [2.24, 2.45) is 7.05 Å². The van der Waals surface area contributed by atoms with Crippen molar-refractivity contribution < 1.29 is 4.79 Å². The number of aromatic amines is 1. The Hall–Kier alpha value is -2.38. The van der Waals surface area contributed by atoms with E-state index >= 15 is 0 Å². The van der Waals surface area contributed by atoms with Crippen molar-refractivity contribution in [2.75, 3.05) is 18.4 Å². The maximum atomic E-state index is 12.6. The smallest absolute Gasteiger partial charge is 0.260 e. The lowest BCUT2D eigenvalue weighted by Crippen LogP contribution is -2.27. The predicted octanol–water partition coefficient (Wildman–Crippen LogP) is 2.44. The number of H-pyrrole nitrogens is 1. The highest BCUT2D eigenvalue weighted by atomic mass is 35.5. The zero-order valence-corrected chi connectivity index (χ0v) is 14.8. The molecule has 3 aromatic rings. The van der Waals surface area contributed by atoms with Gasteiger partial charge in [-0.05, 0) is 38.1 Å². The monoisotopic (exact) mass is 360 g/mol. The highest BCUT2D eigenvalue weighted by molar-refractivity contribution is 6.11. The molecule has 0 radical (unpaired) electrons. The molecule has 1 fully saturated rings. The second kappa shape index (κ2) is 7.25. The number of fused-ring (bicyclic) bond motifs is 1. The van der Waals surface area contributed by atoms with Crippen molar-refractivity contribution in [1.82, 2.24) is 25.1 Å². The average molecular weight is 361 g/mol. The number of benzene rings is 1. The summed E-state index contributed by atoms with van der Waals surface area (Å²) in [6.45, 7) is 1.97. The molecule has 8 heteroatoms. The Labute approximate surface area is 151 Å². The van der Waals surface area contributed by atoms with Crippen LogP contribution >= 0.6 is 12.4 Å². The summed E-state index contributed by atoms with van der Waals surface area (Å²) in [7, 11) is 1.81. The van der Waals surface area contributed by atoms with E-state index in [9.17, 15) is 4.79 Å². The topological polar surface area (TPSA) is 87.6 Å². The minimum absolute atomic E-state index is 0. The van der Waals surface area contributed by atoms with Crippen molar-refractivity contribution in [3.8, 4) is 0 Å². The third-order valence-electron chi connectivity index (χ3n) is 4.54. The first-order valence-corrected chi connectivity index (χ1v) is 8.21. The van der Waals surface area contributed by atoms with Crippen LogP contribution in [0.15, 0.2) is 30.5 Å². The number of aromatic nitrogens is 4. The lowest BCUT2D eigenvalue weighted by Gasteiger charge is -2.19. The van der Waals surface area contributed by atoms with Gasteiger partial charge in [-0.2, -0.15) is 10.1 Å². The lowest BCUT2D eigenvalue weighted by atomic mass is 9.98. The Morgan fingerprint density at radius 2 is 2.08 bits per heavy atom. The molecule has 0 saturated carbocycles. The number of hydrogen-bond donors (Lipinski definition) is 3. The van der Waals surface area contributed by atoms with Crippen molar-refractivity contribution in [3.63, 3.8) is 0 Å². The van der Waals surface area contributed by atoms with Gasteiger partial charge in [-0.3, -0.25) is 10.1 Å². The van der Waals surface area contributed by atoms with Crippen LogP contribution in [0.1, 0.15) is 34.9 Å². The molecule has 7 nitrogen and oxygen atoms in total. The number of nitrogens with zero attached hydrogens (tertiary/aromatic N) is 3. The number of carbonyl (C=O) groups is 1. The van der Waals surface area contributed by atoms with Crippen molar-refractivity contribution in [2.45, 2.75) is 18.8 Å². The van der Waals surface area contributed by atoms with Gasteiger partial charge in [-0.25, -0.2) is 4.68 Å². The van der Waals surface area contributed by atoms with Crippen molar-refractivity contribution in [1.29, 1.82) is 0 Å². The highest BCUT2D eigenvalue weighted by Gasteiger charge is 2.22. The first-order chi connectivity index (χ1) is 11.7. The number of rotatable bonds is 3. The van der Waals surface area contributed by atoms with E-state index in [1.165, 1.54) is 0 Å². The average Bonchev–Trinajstić information content (AvgIpc) is 3.22. The van der Waals surface area contributed by atoms with Gasteiger partial charge in [-0.1, -0.05) is 12.1 Å². The van der Waals surface area contributed by atoms with Gasteiger partial charge in [0.15, 0.2) is 5.82 Å². The fourth-order valence-corrected chi connectivity index (χ4v) is 3.21. The summed E-state index contributed by atoms with van der Waals surface area (Å²) in [5.74, 6) is 1.47. The van der Waals surface area contributed by atoms with Crippen LogP contribution in [0, 0.1) is 0 Å². The normalized spacial score (nSPS) is 15.1. The van der Waals surface area contributed by atoms with E-state index < -0.39 is 0 Å². The maximum absolute atomic E-state index is 12.6. The molecule has 1 amide bonds. The number of piperidine rings is 1. The molecule has 3 heterocycles. The van der Waals surface area contributed by atoms with Crippen LogP contribution in [0.5, 0.6) is 0 Å². The van der Waals surface area contributed by atoms with E-state index in [1.807, 2.05) is 31.4 Å². The Bertz CT molecular complexity index is 880. The van der Waals surface area contributed by atoms with Gasteiger partial charge in [0.25, 0.3) is 5.91 Å². The molecule has 2 aromatic heterocycles. The molecular weight excluding hydrogens is 340 g/mol. The summed E-state index contributed by atoms with van der Waals surface area (Å²) in [6.07, 6.45) is 3.89. The molecule has 1 saturated heterocycles. The molecule has 0 bridgehead atoms. The molecule has 0 spiro atoms. The quantitative estimate of drug-likeness (QED) is 0.669. The molecule has 0 aliphatic carbocycles. The zero-order chi connectivity index (χ0) is 16.5. The second-order valence-corrected chi connectivity index (χ2v) is 6.14. The third kappa shape index (κ3) is 3.38. The van der Waals surface area contributed by atoms with Crippen LogP contribution in [-0.4, -0.2) is 38.7 Å². The molecule has 1 aliphatic rings. The number of anilines is 1. The Morgan fingerprint density at radius 3 is 2.88 bits per heavy atom. The van der Waals surface area contributed by atoms with E-state index in [2.05, 4.69) is 25.7 Å². The van der Waals surface area contributed by atoms with Gasteiger partial charge in [-0.15, -0.1) is 12.4 Å². The summed E-state index contributed by atoms with van der Waals surface area (Å²) in [5.41, 5.74) is 1.43. The van der Waals surface area contributed by atoms with E-state index in [4.69, 9.17) is 0 Å². The standard InChI is InChI=1S/C17H20N6O.ClH/c1-23-17(20-15(22-23)12-5-8-18-9-6-12)21-16(24)13-4-2-3-11-7-10-19-14(11)13;/h2-4,7,10,12,18-19H,5-6,8-9H2,1H3,(H,20,21,22,24);1H. The largest absolute Gasteiger partial charge is 0.361 e. The molecule has 1 aliphatic heterocycles. The summed E-state index contributed by atoms with van der Waals surface area (Å²) < 4.78 is 1.64. The molecular formula is C17H21ClN6O. The Kier molecular flexibility index (Phi) is 5.06. The molecule has 0 atom stereocenters. The van der Waals surface area contributed by atoms with Crippen LogP contribution < -0.4 is 10.6 Å². The van der Waals surface area contributed by atoms with Gasteiger partial charge in [0.05, 0.1) is 11.1 Å². The molecule has 1 aromatic carbocycles. The molecule has 25 heavy (non-hydrogen) atoms. The first-order valence-electron chi connectivity index (χ1n) is 8.21. The molecule has 4 rings (SSSR count). The number of nitrogens with one attached hydrogen (secondary N) is 3. The van der Waals surface area contributed by atoms with E-state index in [0.717, 1.165) is 42.7 Å². The Morgan fingerprint density at radius 1 is 1.28 bits per heavy atom. The number of amides is 1. The molecule has 3 N–H and O–H groups in total. The minimum Gasteiger partial charge on any atom is -0.361 e. The van der Waals surface area contributed by atoms with Crippen LogP contribution in [0.3, 0.4) is 0 Å². The lowest BCUT2D eigenvalue weighted by molar-refractivity contribution is 0.102. The Balaban J connectivity index is 0.00000182. The predicted molar refractivity (Wildman–Crippen MR) is 99.3 cm³/mol. The minimum atomic E-state index is -0.185. The van der Waals surface area contributed by atoms with E-state index in [-0.39, 0.29) is 18.3 Å². The number of halogens is 1. The van der Waals surface area contributed by atoms with Crippen LogP contribution in [-0.2, 0) is 7.05 Å². The molecule has 132 valence electrons. The number of aryl methyl sites for hydroxylation is 1. The third-order valence-corrected chi connectivity index (χ3v) is 4.54. The zero-order valence-electron chi connectivity index (χ0n) is 14.0. The molecule has 0 unspecified atom stereocenters. The van der Waals surface area contributed by atoms with Gasteiger partial charge in [0.1, 0.15) is 0 Å². The summed E-state index contributed by atoms with van der Waals surface area (Å²) >= 11 is 0. The number of para-hydroxylation sites is 1. The summed E-state index contributed by atoms with van der Waals surface area (Å²) in [4.78, 5) is 20.3. The first kappa shape index (κ1) is 17.4. The van der Waals surface area contributed by atoms with Gasteiger partial charge in [0.2, 0.25) is 5.95 Å². The second-order valence-electron chi connectivity index (χ2n) is 6.14. The van der Waals surface area contributed by atoms with Gasteiger partial charge >= 0.3 is 0 Å². The van der Waals surface area contributed by atoms with E-state index in [1.54, 1.807) is 10.7 Å². The van der Waals surface area contributed by atoms with Gasteiger partial charge in [0, 0.05) is 24.5 Å². The van der Waals surface area contributed by atoms with Gasteiger partial charge < -0.3 is 10.3 Å². The highest BCUT2D eigenvalue weighted by Crippen LogP contribution is 2.24. The fraction of sp³-hybridized carbons (Fsp3) is 0.353. The number of carbonyl (C=O) groups excluding carboxylic acids is 1. The van der Waals surface area contributed by atoms with Crippen molar-refractivity contribution >= 4 is 35.2 Å². The fourth-order valence-electron chi connectivity index (χ4n) is 3.21. The number of hydrogen-bond acceptors (Lipinski definition) is 4.